The molecule has 0 saturated heterocycles. The van der Waals surface area contributed by atoms with Gasteiger partial charge in [0.05, 0.1) is 4.88 Å². The van der Waals surface area contributed by atoms with Crippen LogP contribution in [-0.2, 0) is 0 Å². The molecule has 0 unspecified atom stereocenters. The van der Waals surface area contributed by atoms with Crippen LogP contribution in [0.15, 0.2) is 24.5 Å². The molecule has 14 heavy (non-hydrogen) atoms. The monoisotopic (exact) mass is 204 g/mol. The van der Waals surface area contributed by atoms with Crippen LogP contribution in [0.4, 0.5) is 0 Å². The lowest BCUT2D eigenvalue weighted by molar-refractivity contribution is 0.112. The fraction of sp³-hybridized carbons (Fsp3) is 0.100. The number of hydrogen-bond donors (Lipinski definition) is 0. The molecule has 0 aliphatic heterocycles. The zero-order valence-corrected chi connectivity index (χ0v) is 8.41. The van der Waals surface area contributed by atoms with Crippen molar-refractivity contribution >= 4 is 17.6 Å². The summed E-state index contributed by atoms with van der Waals surface area (Å²) in [5.41, 5.74) is 1.92. The Kier molecular flexibility index (Phi) is 2.37. The largest absolute Gasteiger partial charge is 0.297 e. The first kappa shape index (κ1) is 9.02. The van der Waals surface area contributed by atoms with Crippen LogP contribution >= 0.6 is 11.3 Å². The van der Waals surface area contributed by atoms with Gasteiger partial charge in [-0.2, -0.15) is 0 Å². The Hall–Kier alpha value is -1.55. The maximum atomic E-state index is 10.5. The lowest BCUT2D eigenvalue weighted by Gasteiger charge is -1.98. The molecule has 2 aromatic rings. The summed E-state index contributed by atoms with van der Waals surface area (Å²) in [5, 5.41) is 0.796. The number of aldehydes is 1. The molecule has 0 bridgehead atoms. The molecule has 0 fully saturated rings. The zero-order chi connectivity index (χ0) is 9.97. The third-order valence-electron chi connectivity index (χ3n) is 1.85. The lowest BCUT2D eigenvalue weighted by Crippen LogP contribution is -1.85. The molecule has 2 heterocycles. The summed E-state index contributed by atoms with van der Waals surface area (Å²) in [6.45, 7) is 1.98. The Bertz CT molecular complexity index is 465. The predicted molar refractivity (Wildman–Crippen MR) is 55.5 cm³/mol. The van der Waals surface area contributed by atoms with E-state index in [1.165, 1.54) is 11.3 Å². The van der Waals surface area contributed by atoms with E-state index in [4.69, 9.17) is 0 Å². The molecule has 3 nitrogen and oxygen atoms in total. The maximum absolute atomic E-state index is 10.5. The van der Waals surface area contributed by atoms with Gasteiger partial charge < -0.3 is 0 Å². The molecule has 2 aromatic heterocycles. The topological polar surface area (TPSA) is 42.9 Å². The highest BCUT2D eigenvalue weighted by atomic mass is 32.1. The summed E-state index contributed by atoms with van der Waals surface area (Å²) < 4.78 is 0. The van der Waals surface area contributed by atoms with Crippen molar-refractivity contribution in [1.82, 2.24) is 9.97 Å². The van der Waals surface area contributed by atoms with E-state index >= 15 is 0 Å². The van der Waals surface area contributed by atoms with E-state index in [0.717, 1.165) is 22.6 Å². The average Bonchev–Trinajstić information content (AvgIpc) is 2.67. The molecule has 70 valence electrons. The molecular weight excluding hydrogens is 196 g/mol. The highest BCUT2D eigenvalue weighted by molar-refractivity contribution is 7.16. The van der Waals surface area contributed by atoms with E-state index in [9.17, 15) is 4.79 Å². The number of hydrogen-bond acceptors (Lipinski definition) is 4. The quantitative estimate of drug-likeness (QED) is 0.705. The second-order valence-corrected chi connectivity index (χ2v) is 3.92. The van der Waals surface area contributed by atoms with Gasteiger partial charge in [0.1, 0.15) is 10.7 Å². The van der Waals surface area contributed by atoms with Crippen molar-refractivity contribution in [2.75, 3.05) is 0 Å². The highest BCUT2D eigenvalue weighted by Crippen LogP contribution is 2.24. The van der Waals surface area contributed by atoms with Gasteiger partial charge in [-0.05, 0) is 18.6 Å². The van der Waals surface area contributed by atoms with Crippen LogP contribution in [0.5, 0.6) is 0 Å². The lowest BCUT2D eigenvalue weighted by atomic mass is 10.2. The van der Waals surface area contributed by atoms with Crippen molar-refractivity contribution in [3.63, 3.8) is 0 Å². The van der Waals surface area contributed by atoms with Gasteiger partial charge in [0.25, 0.3) is 0 Å². The van der Waals surface area contributed by atoms with Gasteiger partial charge >= 0.3 is 0 Å². The summed E-state index contributed by atoms with van der Waals surface area (Å²) in [7, 11) is 0. The third-order valence-corrected chi connectivity index (χ3v) is 2.78. The minimum Gasteiger partial charge on any atom is -0.297 e. The van der Waals surface area contributed by atoms with Crippen LogP contribution in [0, 0.1) is 6.92 Å². The van der Waals surface area contributed by atoms with Gasteiger partial charge in [-0.3, -0.25) is 9.78 Å². The molecule has 0 N–H and O–H groups in total. The molecule has 0 amide bonds. The maximum Gasteiger partial charge on any atom is 0.161 e. The van der Waals surface area contributed by atoms with Crippen molar-refractivity contribution in [2.45, 2.75) is 6.92 Å². The smallest absolute Gasteiger partial charge is 0.161 e. The molecule has 0 aliphatic carbocycles. The second-order valence-electron chi connectivity index (χ2n) is 2.85. The van der Waals surface area contributed by atoms with Crippen molar-refractivity contribution < 1.29 is 4.79 Å². The number of carbonyl (C=O) groups excluding carboxylic acids is 1. The number of carbonyl (C=O) groups is 1. The SMILES string of the molecule is Cc1cccnc1-c1ncc(C=O)s1. The standard InChI is InChI=1S/C10H8N2OS/c1-7-3-2-4-11-9(7)10-12-5-8(6-13)14-10/h2-6H,1H3. The summed E-state index contributed by atoms with van der Waals surface area (Å²) >= 11 is 1.36. The highest BCUT2D eigenvalue weighted by Gasteiger charge is 2.07. The van der Waals surface area contributed by atoms with Crippen LogP contribution in [0.1, 0.15) is 15.2 Å². The Morgan fingerprint density at radius 1 is 1.43 bits per heavy atom. The van der Waals surface area contributed by atoms with Crippen molar-refractivity contribution in [2.24, 2.45) is 0 Å². The molecule has 0 aliphatic rings. The van der Waals surface area contributed by atoms with Crippen molar-refractivity contribution in [3.8, 4) is 10.7 Å². The normalized spacial score (nSPS) is 10.1. The second kappa shape index (κ2) is 3.67. The molecule has 0 aromatic carbocycles. The molecule has 0 spiro atoms. The van der Waals surface area contributed by atoms with Crippen LogP contribution in [-0.4, -0.2) is 16.3 Å². The minimum absolute atomic E-state index is 0.630. The Morgan fingerprint density at radius 2 is 2.29 bits per heavy atom. The van der Waals surface area contributed by atoms with E-state index in [1.54, 1.807) is 12.4 Å². The zero-order valence-electron chi connectivity index (χ0n) is 7.60. The minimum atomic E-state index is 0.630. The summed E-state index contributed by atoms with van der Waals surface area (Å²) in [6, 6.07) is 3.86. The summed E-state index contributed by atoms with van der Waals surface area (Å²) in [5.74, 6) is 0. The Labute approximate surface area is 85.5 Å². The average molecular weight is 204 g/mol. The number of thiazole rings is 1. The van der Waals surface area contributed by atoms with Gasteiger partial charge in [-0.25, -0.2) is 4.98 Å². The van der Waals surface area contributed by atoms with Gasteiger partial charge in [-0.15, -0.1) is 11.3 Å². The predicted octanol–water partition coefficient (Wildman–Crippen LogP) is 2.33. The van der Waals surface area contributed by atoms with E-state index < -0.39 is 0 Å². The van der Waals surface area contributed by atoms with Gasteiger partial charge in [-0.1, -0.05) is 6.07 Å². The molecule has 0 atom stereocenters. The van der Waals surface area contributed by atoms with Crippen LogP contribution in [0.25, 0.3) is 10.7 Å². The van der Waals surface area contributed by atoms with Gasteiger partial charge in [0.15, 0.2) is 6.29 Å². The van der Waals surface area contributed by atoms with Crippen molar-refractivity contribution in [3.05, 3.63) is 35.0 Å². The van der Waals surface area contributed by atoms with Crippen LogP contribution in [0.2, 0.25) is 0 Å². The van der Waals surface area contributed by atoms with Gasteiger partial charge in [0.2, 0.25) is 0 Å². The molecular formula is C10H8N2OS. The Morgan fingerprint density at radius 3 is 2.93 bits per heavy atom. The van der Waals surface area contributed by atoms with Crippen LogP contribution < -0.4 is 0 Å². The van der Waals surface area contributed by atoms with E-state index in [2.05, 4.69) is 9.97 Å². The number of rotatable bonds is 2. The van der Waals surface area contributed by atoms with E-state index in [1.807, 2.05) is 19.1 Å². The summed E-state index contributed by atoms with van der Waals surface area (Å²) in [4.78, 5) is 19.5. The molecule has 4 heteroatoms. The fourth-order valence-corrected chi connectivity index (χ4v) is 1.95. The first-order valence-electron chi connectivity index (χ1n) is 4.14. The first-order valence-corrected chi connectivity index (χ1v) is 4.96. The van der Waals surface area contributed by atoms with Crippen LogP contribution in [0.3, 0.4) is 0 Å². The number of aromatic nitrogens is 2. The third kappa shape index (κ3) is 1.56. The Balaban J connectivity index is 2.49. The molecule has 0 radical (unpaired) electrons. The number of aryl methyl sites for hydroxylation is 1. The fourth-order valence-electron chi connectivity index (χ4n) is 1.16. The summed E-state index contributed by atoms with van der Waals surface area (Å²) in [6.07, 6.45) is 4.10. The van der Waals surface area contributed by atoms with E-state index in [-0.39, 0.29) is 0 Å². The first-order chi connectivity index (χ1) is 6.81. The van der Waals surface area contributed by atoms with E-state index in [0.29, 0.717) is 4.88 Å². The number of nitrogens with zero attached hydrogens (tertiary/aromatic N) is 2. The van der Waals surface area contributed by atoms with Gasteiger partial charge in [0, 0.05) is 12.4 Å². The molecule has 2 rings (SSSR count). The van der Waals surface area contributed by atoms with Crippen molar-refractivity contribution in [1.29, 1.82) is 0 Å². The number of pyridine rings is 1. The molecule has 0 saturated carbocycles.